The van der Waals surface area contributed by atoms with Crippen LogP contribution in [0.25, 0.3) is 0 Å². The van der Waals surface area contributed by atoms with Crippen LogP contribution in [0.5, 0.6) is 0 Å². The summed E-state index contributed by atoms with van der Waals surface area (Å²) in [7, 11) is 0. The van der Waals surface area contributed by atoms with Crippen LogP contribution in [0.3, 0.4) is 0 Å². The lowest BCUT2D eigenvalue weighted by molar-refractivity contribution is 0.532. The Kier molecular flexibility index (Phi) is 2.58. The molecule has 0 aliphatic heterocycles. The number of hydrogen-bond acceptors (Lipinski definition) is 2. The first kappa shape index (κ1) is 8.18. The number of hydrogen-bond donors (Lipinski definition) is 0. The number of rotatable bonds is 2. The van der Waals surface area contributed by atoms with E-state index in [0.717, 1.165) is 0 Å². The van der Waals surface area contributed by atoms with E-state index in [9.17, 15) is 0 Å². The fraction of sp³-hybridized carbons (Fsp3) is 0.556. The van der Waals surface area contributed by atoms with E-state index in [1.165, 1.54) is 5.56 Å². The van der Waals surface area contributed by atoms with Gasteiger partial charge in [0.15, 0.2) is 0 Å². The Bertz CT molecular complexity index is 206. The van der Waals surface area contributed by atoms with Gasteiger partial charge in [-0.05, 0) is 17.4 Å². The highest BCUT2D eigenvalue weighted by atomic mass is 14.8. The molecule has 0 saturated carbocycles. The van der Waals surface area contributed by atoms with E-state index in [-0.39, 0.29) is 0 Å². The van der Waals surface area contributed by atoms with Crippen molar-refractivity contribution in [1.29, 1.82) is 0 Å². The minimum absolute atomic E-state index is 0.552. The molecule has 0 radical (unpaired) electrons. The maximum absolute atomic E-state index is 3.98. The molecule has 1 atom stereocenters. The molecule has 0 N–H and O–H groups in total. The van der Waals surface area contributed by atoms with Crippen molar-refractivity contribution in [2.75, 3.05) is 0 Å². The monoisotopic (exact) mass is 150 g/mol. The minimum atomic E-state index is 0.552. The van der Waals surface area contributed by atoms with Gasteiger partial charge in [-0.1, -0.05) is 20.8 Å². The molecule has 0 aliphatic carbocycles. The molecule has 1 unspecified atom stereocenters. The van der Waals surface area contributed by atoms with Gasteiger partial charge in [0.2, 0.25) is 0 Å². The highest BCUT2D eigenvalue weighted by molar-refractivity contribution is 5.09. The lowest BCUT2D eigenvalue weighted by atomic mass is 9.92. The molecule has 2 heteroatoms. The maximum Gasteiger partial charge on any atom is 0.115 e. The Balaban J connectivity index is 2.77. The van der Waals surface area contributed by atoms with E-state index < -0.39 is 0 Å². The summed E-state index contributed by atoms with van der Waals surface area (Å²) in [5.41, 5.74) is 1.22. The van der Waals surface area contributed by atoms with Gasteiger partial charge in [0.1, 0.15) is 6.33 Å². The van der Waals surface area contributed by atoms with Gasteiger partial charge in [-0.25, -0.2) is 9.97 Å². The zero-order valence-electron chi connectivity index (χ0n) is 7.28. The zero-order valence-corrected chi connectivity index (χ0v) is 7.28. The maximum atomic E-state index is 3.98. The Morgan fingerprint density at radius 3 is 2.09 bits per heavy atom. The first-order valence-corrected chi connectivity index (χ1v) is 3.96. The van der Waals surface area contributed by atoms with Crippen molar-refractivity contribution in [3.8, 4) is 0 Å². The normalized spacial score (nSPS) is 13.5. The van der Waals surface area contributed by atoms with Gasteiger partial charge in [-0.15, -0.1) is 0 Å². The second kappa shape index (κ2) is 3.46. The fourth-order valence-electron chi connectivity index (χ4n) is 0.931. The van der Waals surface area contributed by atoms with E-state index in [1.54, 1.807) is 6.33 Å². The van der Waals surface area contributed by atoms with E-state index in [0.29, 0.717) is 11.8 Å². The van der Waals surface area contributed by atoms with Crippen LogP contribution in [0.2, 0.25) is 0 Å². The summed E-state index contributed by atoms with van der Waals surface area (Å²) in [4.78, 5) is 7.95. The molecular weight excluding hydrogens is 136 g/mol. The summed E-state index contributed by atoms with van der Waals surface area (Å²) in [5, 5.41) is 0. The third-order valence-electron chi connectivity index (χ3n) is 2.11. The van der Waals surface area contributed by atoms with Gasteiger partial charge >= 0.3 is 0 Å². The van der Waals surface area contributed by atoms with Crippen molar-refractivity contribution in [2.24, 2.45) is 5.92 Å². The predicted molar refractivity (Wildman–Crippen MR) is 45.3 cm³/mol. The Morgan fingerprint density at radius 1 is 1.09 bits per heavy atom. The fourth-order valence-corrected chi connectivity index (χ4v) is 0.931. The van der Waals surface area contributed by atoms with Gasteiger partial charge in [0.25, 0.3) is 0 Å². The average Bonchev–Trinajstić information content (AvgIpc) is 2.05. The minimum Gasteiger partial charge on any atom is -0.245 e. The van der Waals surface area contributed by atoms with Crippen molar-refractivity contribution < 1.29 is 0 Å². The van der Waals surface area contributed by atoms with Crippen molar-refractivity contribution in [3.63, 3.8) is 0 Å². The third kappa shape index (κ3) is 2.00. The molecule has 60 valence electrons. The molecular formula is C9H14N2. The van der Waals surface area contributed by atoms with E-state index >= 15 is 0 Å². The third-order valence-corrected chi connectivity index (χ3v) is 2.11. The van der Waals surface area contributed by atoms with Gasteiger partial charge in [-0.2, -0.15) is 0 Å². The van der Waals surface area contributed by atoms with Gasteiger partial charge in [0.05, 0.1) is 0 Å². The zero-order chi connectivity index (χ0) is 8.27. The van der Waals surface area contributed by atoms with E-state index in [1.807, 2.05) is 12.4 Å². The summed E-state index contributed by atoms with van der Waals surface area (Å²) in [6.07, 6.45) is 5.34. The van der Waals surface area contributed by atoms with Crippen molar-refractivity contribution in [3.05, 3.63) is 24.3 Å². The molecule has 1 aromatic heterocycles. The standard InChI is InChI=1S/C9H14N2/c1-7(2)8(3)9-4-10-6-11-5-9/h4-8H,1-3H3. The van der Waals surface area contributed by atoms with Crippen LogP contribution in [-0.4, -0.2) is 9.97 Å². The molecule has 0 saturated heterocycles. The lowest BCUT2D eigenvalue weighted by Crippen LogP contribution is -2.02. The topological polar surface area (TPSA) is 25.8 Å². The summed E-state index contributed by atoms with van der Waals surface area (Å²) in [6.45, 7) is 6.61. The first-order chi connectivity index (χ1) is 5.22. The number of nitrogens with zero attached hydrogens (tertiary/aromatic N) is 2. The molecule has 11 heavy (non-hydrogen) atoms. The summed E-state index contributed by atoms with van der Waals surface area (Å²) >= 11 is 0. The number of aromatic nitrogens is 2. The molecule has 1 heterocycles. The molecule has 0 aliphatic rings. The largest absolute Gasteiger partial charge is 0.245 e. The molecule has 0 fully saturated rings. The first-order valence-electron chi connectivity index (χ1n) is 3.96. The summed E-state index contributed by atoms with van der Waals surface area (Å²) in [6, 6.07) is 0. The van der Waals surface area contributed by atoms with Crippen LogP contribution in [0.15, 0.2) is 18.7 Å². The SMILES string of the molecule is CC(C)C(C)c1cncnc1. The molecule has 1 aromatic rings. The lowest BCUT2D eigenvalue weighted by Gasteiger charge is -2.13. The molecule has 1 rings (SSSR count). The van der Waals surface area contributed by atoms with Crippen LogP contribution in [0.4, 0.5) is 0 Å². The van der Waals surface area contributed by atoms with Gasteiger partial charge in [0, 0.05) is 12.4 Å². The van der Waals surface area contributed by atoms with Crippen LogP contribution >= 0.6 is 0 Å². The van der Waals surface area contributed by atoms with Crippen LogP contribution in [-0.2, 0) is 0 Å². The molecule has 2 nitrogen and oxygen atoms in total. The molecule has 0 spiro atoms. The Labute approximate surface area is 67.7 Å². The Hall–Kier alpha value is -0.920. The smallest absolute Gasteiger partial charge is 0.115 e. The van der Waals surface area contributed by atoms with Crippen molar-refractivity contribution in [2.45, 2.75) is 26.7 Å². The Morgan fingerprint density at radius 2 is 1.64 bits per heavy atom. The average molecular weight is 150 g/mol. The van der Waals surface area contributed by atoms with Crippen LogP contribution in [0.1, 0.15) is 32.3 Å². The molecule has 0 aromatic carbocycles. The second-order valence-corrected chi connectivity index (χ2v) is 3.20. The summed E-state index contributed by atoms with van der Waals surface area (Å²) in [5.74, 6) is 1.21. The van der Waals surface area contributed by atoms with Crippen LogP contribution < -0.4 is 0 Å². The van der Waals surface area contributed by atoms with Crippen molar-refractivity contribution >= 4 is 0 Å². The van der Waals surface area contributed by atoms with Crippen LogP contribution in [0, 0.1) is 5.92 Å². The van der Waals surface area contributed by atoms with E-state index in [4.69, 9.17) is 0 Å². The second-order valence-electron chi connectivity index (χ2n) is 3.20. The van der Waals surface area contributed by atoms with Crippen molar-refractivity contribution in [1.82, 2.24) is 9.97 Å². The molecule has 0 bridgehead atoms. The summed E-state index contributed by atoms with van der Waals surface area (Å²) < 4.78 is 0. The predicted octanol–water partition coefficient (Wildman–Crippen LogP) is 2.24. The van der Waals surface area contributed by atoms with Gasteiger partial charge < -0.3 is 0 Å². The highest BCUT2D eigenvalue weighted by Crippen LogP contribution is 2.21. The van der Waals surface area contributed by atoms with Gasteiger partial charge in [-0.3, -0.25) is 0 Å². The molecule has 0 amide bonds. The quantitative estimate of drug-likeness (QED) is 0.646. The highest BCUT2D eigenvalue weighted by Gasteiger charge is 2.09. The van der Waals surface area contributed by atoms with E-state index in [2.05, 4.69) is 30.7 Å².